The zero-order chi connectivity index (χ0) is 19.1. The van der Waals surface area contributed by atoms with Gasteiger partial charge in [0.25, 0.3) is 11.5 Å². The standard InChI is InChI=1S/C19H22N6O2/c1-12-4-5-15(13(2)10-12)23-6-8-24(9-7-23)19(27)16-17-18(26)20-14(3)11-25(17)22-21-16/h4-5,10-11H,6-9H2,1-3H3,(H,20,26). The quantitative estimate of drug-likeness (QED) is 0.739. The second kappa shape index (κ2) is 6.53. The second-order valence-corrected chi connectivity index (χ2v) is 7.07. The first kappa shape index (κ1) is 17.3. The van der Waals surface area contributed by atoms with Gasteiger partial charge in [0.1, 0.15) is 0 Å². The van der Waals surface area contributed by atoms with Crippen LogP contribution in [0.15, 0.2) is 29.2 Å². The predicted octanol–water partition coefficient (Wildman–Crippen LogP) is 1.31. The van der Waals surface area contributed by atoms with Crippen molar-refractivity contribution in [2.45, 2.75) is 20.8 Å². The summed E-state index contributed by atoms with van der Waals surface area (Å²) in [5.41, 5.74) is 4.30. The largest absolute Gasteiger partial charge is 0.368 e. The van der Waals surface area contributed by atoms with Crippen molar-refractivity contribution in [2.75, 3.05) is 31.1 Å². The molecule has 1 N–H and O–H groups in total. The van der Waals surface area contributed by atoms with Gasteiger partial charge in [-0.25, -0.2) is 4.52 Å². The summed E-state index contributed by atoms with van der Waals surface area (Å²) in [6.45, 7) is 8.59. The summed E-state index contributed by atoms with van der Waals surface area (Å²) in [5, 5.41) is 7.89. The third-order valence-corrected chi connectivity index (χ3v) is 5.00. The lowest BCUT2D eigenvalue weighted by Gasteiger charge is -2.36. The van der Waals surface area contributed by atoms with Gasteiger partial charge in [-0.1, -0.05) is 22.9 Å². The summed E-state index contributed by atoms with van der Waals surface area (Å²) in [4.78, 5) is 31.9. The highest BCUT2D eigenvalue weighted by Crippen LogP contribution is 2.23. The summed E-state index contributed by atoms with van der Waals surface area (Å²) < 4.78 is 1.37. The second-order valence-electron chi connectivity index (χ2n) is 7.07. The van der Waals surface area contributed by atoms with Crippen LogP contribution in [0.5, 0.6) is 0 Å². The molecule has 0 radical (unpaired) electrons. The van der Waals surface area contributed by atoms with E-state index in [0.29, 0.717) is 18.8 Å². The number of aryl methyl sites for hydroxylation is 3. The maximum atomic E-state index is 12.9. The van der Waals surface area contributed by atoms with Crippen LogP contribution in [0.25, 0.3) is 5.52 Å². The fourth-order valence-corrected chi connectivity index (χ4v) is 3.65. The predicted molar refractivity (Wildman–Crippen MR) is 102 cm³/mol. The molecule has 3 aromatic rings. The molecule has 1 aliphatic heterocycles. The number of rotatable bonds is 2. The van der Waals surface area contributed by atoms with Gasteiger partial charge < -0.3 is 14.8 Å². The maximum Gasteiger partial charge on any atom is 0.277 e. The molecule has 1 saturated heterocycles. The van der Waals surface area contributed by atoms with Gasteiger partial charge in [-0.3, -0.25) is 9.59 Å². The fourth-order valence-electron chi connectivity index (χ4n) is 3.65. The number of fused-ring (bicyclic) bond motifs is 1. The molecule has 0 spiro atoms. The molecule has 0 saturated carbocycles. The topological polar surface area (TPSA) is 86.6 Å². The molecule has 1 aromatic carbocycles. The number of H-pyrrole nitrogens is 1. The van der Waals surface area contributed by atoms with E-state index in [-0.39, 0.29) is 22.7 Å². The smallest absolute Gasteiger partial charge is 0.277 e. The molecule has 0 aliphatic carbocycles. The molecule has 1 fully saturated rings. The van der Waals surface area contributed by atoms with E-state index >= 15 is 0 Å². The highest BCUT2D eigenvalue weighted by molar-refractivity contribution is 5.98. The van der Waals surface area contributed by atoms with Gasteiger partial charge in [0.2, 0.25) is 0 Å². The molecule has 27 heavy (non-hydrogen) atoms. The number of hydrogen-bond donors (Lipinski definition) is 1. The van der Waals surface area contributed by atoms with Crippen LogP contribution >= 0.6 is 0 Å². The van der Waals surface area contributed by atoms with Crippen molar-refractivity contribution in [1.82, 2.24) is 24.7 Å². The van der Waals surface area contributed by atoms with Crippen LogP contribution in [0.1, 0.15) is 27.3 Å². The SMILES string of the molecule is Cc1ccc(N2CCN(C(=O)c3nnn4cc(C)[nH]c(=O)c34)CC2)c(C)c1. The highest BCUT2D eigenvalue weighted by Gasteiger charge is 2.27. The minimum absolute atomic E-state index is 0.108. The van der Waals surface area contributed by atoms with Gasteiger partial charge in [0.05, 0.1) is 6.20 Å². The van der Waals surface area contributed by atoms with Gasteiger partial charge in [-0.2, -0.15) is 0 Å². The number of aromatic amines is 1. The van der Waals surface area contributed by atoms with Crippen molar-refractivity contribution in [3.8, 4) is 0 Å². The molecule has 140 valence electrons. The molecule has 1 aliphatic rings. The Morgan fingerprint density at radius 2 is 1.85 bits per heavy atom. The van der Waals surface area contributed by atoms with Crippen LogP contribution in [-0.4, -0.2) is 56.8 Å². The molecule has 0 unspecified atom stereocenters. The summed E-state index contributed by atoms with van der Waals surface area (Å²) >= 11 is 0. The Morgan fingerprint density at radius 1 is 1.11 bits per heavy atom. The van der Waals surface area contributed by atoms with Crippen molar-refractivity contribution in [2.24, 2.45) is 0 Å². The highest BCUT2D eigenvalue weighted by atomic mass is 16.2. The summed E-state index contributed by atoms with van der Waals surface area (Å²) in [5.74, 6) is -0.250. The monoisotopic (exact) mass is 366 g/mol. The van der Waals surface area contributed by atoms with E-state index in [1.807, 2.05) is 0 Å². The number of carbonyl (C=O) groups excluding carboxylic acids is 1. The Balaban J connectivity index is 1.53. The van der Waals surface area contributed by atoms with Crippen LogP contribution in [0.4, 0.5) is 5.69 Å². The van der Waals surface area contributed by atoms with Crippen molar-refractivity contribution in [1.29, 1.82) is 0 Å². The Labute approximate surface area is 156 Å². The molecule has 1 amide bonds. The third kappa shape index (κ3) is 3.07. The van der Waals surface area contributed by atoms with E-state index in [1.165, 1.54) is 21.3 Å². The lowest BCUT2D eigenvalue weighted by Crippen LogP contribution is -2.49. The minimum atomic E-state index is -0.350. The fraction of sp³-hybridized carbons (Fsp3) is 0.368. The lowest BCUT2D eigenvalue weighted by molar-refractivity contribution is 0.0742. The van der Waals surface area contributed by atoms with E-state index in [1.54, 1.807) is 18.0 Å². The van der Waals surface area contributed by atoms with Gasteiger partial charge in [0.15, 0.2) is 11.2 Å². The summed E-state index contributed by atoms with van der Waals surface area (Å²) in [6.07, 6.45) is 1.65. The van der Waals surface area contributed by atoms with Crippen LogP contribution in [0, 0.1) is 20.8 Å². The van der Waals surface area contributed by atoms with Gasteiger partial charge in [-0.05, 0) is 32.4 Å². The molecule has 0 bridgehead atoms. The molecule has 2 aromatic heterocycles. The van der Waals surface area contributed by atoms with E-state index < -0.39 is 0 Å². The number of anilines is 1. The first-order chi connectivity index (χ1) is 12.9. The van der Waals surface area contributed by atoms with Crippen LogP contribution in [-0.2, 0) is 0 Å². The van der Waals surface area contributed by atoms with Crippen molar-refractivity contribution in [3.63, 3.8) is 0 Å². The zero-order valence-electron chi connectivity index (χ0n) is 15.7. The number of benzene rings is 1. The number of nitrogens with one attached hydrogen (secondary N) is 1. The number of carbonyl (C=O) groups is 1. The van der Waals surface area contributed by atoms with Gasteiger partial charge in [-0.15, -0.1) is 5.10 Å². The Morgan fingerprint density at radius 3 is 2.56 bits per heavy atom. The Hall–Kier alpha value is -3.16. The van der Waals surface area contributed by atoms with E-state index in [2.05, 4.69) is 52.2 Å². The number of piperazine rings is 1. The maximum absolute atomic E-state index is 12.9. The minimum Gasteiger partial charge on any atom is -0.368 e. The normalized spacial score (nSPS) is 14.8. The first-order valence-corrected chi connectivity index (χ1v) is 9.00. The van der Waals surface area contributed by atoms with Crippen LogP contribution < -0.4 is 10.5 Å². The molecular formula is C19H22N6O2. The van der Waals surface area contributed by atoms with Crippen LogP contribution in [0.3, 0.4) is 0 Å². The van der Waals surface area contributed by atoms with Crippen molar-refractivity contribution < 1.29 is 4.79 Å². The average Bonchev–Trinajstić information content (AvgIpc) is 3.05. The third-order valence-electron chi connectivity index (χ3n) is 5.00. The summed E-state index contributed by atoms with van der Waals surface area (Å²) in [7, 11) is 0. The molecule has 8 heteroatoms. The molecule has 3 heterocycles. The number of amides is 1. The Bertz CT molecular complexity index is 1080. The van der Waals surface area contributed by atoms with Gasteiger partial charge >= 0.3 is 0 Å². The number of aromatic nitrogens is 4. The first-order valence-electron chi connectivity index (χ1n) is 9.00. The molecule has 4 rings (SSSR count). The van der Waals surface area contributed by atoms with Crippen molar-refractivity contribution in [3.05, 3.63) is 57.3 Å². The van der Waals surface area contributed by atoms with E-state index in [4.69, 9.17) is 0 Å². The average molecular weight is 366 g/mol. The zero-order valence-corrected chi connectivity index (χ0v) is 15.7. The molecular weight excluding hydrogens is 344 g/mol. The van der Waals surface area contributed by atoms with Crippen molar-refractivity contribution >= 4 is 17.1 Å². The number of hydrogen-bond acceptors (Lipinski definition) is 5. The van der Waals surface area contributed by atoms with Crippen LogP contribution in [0.2, 0.25) is 0 Å². The summed E-state index contributed by atoms with van der Waals surface area (Å²) in [6, 6.07) is 6.41. The molecule has 8 nitrogen and oxygen atoms in total. The van der Waals surface area contributed by atoms with E-state index in [9.17, 15) is 9.59 Å². The number of nitrogens with zero attached hydrogens (tertiary/aromatic N) is 5. The van der Waals surface area contributed by atoms with E-state index in [0.717, 1.165) is 13.1 Å². The van der Waals surface area contributed by atoms with Gasteiger partial charge in [0, 0.05) is 37.6 Å². The Kier molecular flexibility index (Phi) is 4.18. The molecule has 0 atom stereocenters. The lowest BCUT2D eigenvalue weighted by atomic mass is 10.1.